The number of allylic oxidation sites excluding steroid dienone is 8. The van der Waals surface area contributed by atoms with Crippen LogP contribution in [0.4, 0.5) is 0 Å². The van der Waals surface area contributed by atoms with Crippen LogP contribution in [0.3, 0.4) is 0 Å². The largest absolute Gasteiger partial charge is 0.343 e. The average molecular weight is 395 g/mol. The summed E-state index contributed by atoms with van der Waals surface area (Å²) in [5.74, 6) is 0.950. The zero-order chi connectivity index (χ0) is 21.1. The van der Waals surface area contributed by atoms with Gasteiger partial charge in [0.15, 0.2) is 0 Å². The van der Waals surface area contributed by atoms with E-state index in [0.29, 0.717) is 18.9 Å². The van der Waals surface area contributed by atoms with Crippen LogP contribution in [-0.2, 0) is 4.79 Å². The zero-order valence-electron chi connectivity index (χ0n) is 18.5. The summed E-state index contributed by atoms with van der Waals surface area (Å²) in [6.07, 6.45) is 20.6. The lowest BCUT2D eigenvalue weighted by atomic mass is 9.63. The highest BCUT2D eigenvalue weighted by atomic mass is 16.2. The van der Waals surface area contributed by atoms with E-state index in [1.54, 1.807) is 0 Å². The van der Waals surface area contributed by atoms with Gasteiger partial charge in [-0.3, -0.25) is 4.79 Å². The van der Waals surface area contributed by atoms with E-state index in [-0.39, 0.29) is 17.2 Å². The van der Waals surface area contributed by atoms with E-state index in [0.717, 1.165) is 50.8 Å². The second-order valence-electron chi connectivity index (χ2n) is 8.31. The molecule has 1 saturated heterocycles. The minimum atomic E-state index is -0.247. The van der Waals surface area contributed by atoms with Crippen LogP contribution in [0.15, 0.2) is 59.6 Å². The van der Waals surface area contributed by atoms with Gasteiger partial charge in [0.05, 0.1) is 0 Å². The number of hydrogen-bond donors (Lipinski definition) is 1. The molecule has 1 heterocycles. The zero-order valence-corrected chi connectivity index (χ0v) is 18.5. The molecule has 3 atom stereocenters. The number of carbonyl (C=O) groups is 1. The van der Waals surface area contributed by atoms with E-state index in [1.165, 1.54) is 0 Å². The number of hydrogen-bond acceptors (Lipinski definition) is 2. The third-order valence-corrected chi connectivity index (χ3v) is 6.31. The molecule has 158 valence electrons. The second-order valence-corrected chi connectivity index (χ2v) is 8.31. The normalized spacial score (nSPS) is 25.8. The van der Waals surface area contributed by atoms with Crippen LogP contribution >= 0.6 is 0 Å². The lowest BCUT2D eigenvalue weighted by Gasteiger charge is -2.39. The molecule has 3 nitrogen and oxygen atoms in total. The molecule has 2 rings (SSSR count). The number of carbonyl (C=O) groups excluding carboxylic acids is 1. The van der Waals surface area contributed by atoms with Crippen LogP contribution in [0.25, 0.3) is 0 Å². The van der Waals surface area contributed by atoms with E-state index in [4.69, 9.17) is 5.73 Å². The van der Waals surface area contributed by atoms with Crippen LogP contribution in [0, 0.1) is 17.3 Å². The summed E-state index contributed by atoms with van der Waals surface area (Å²) in [5.41, 5.74) is 13.2. The summed E-state index contributed by atoms with van der Waals surface area (Å²) in [4.78, 5) is 15.3. The molecule has 1 amide bonds. The van der Waals surface area contributed by atoms with Crippen molar-refractivity contribution in [3.05, 3.63) is 59.6 Å². The quantitative estimate of drug-likeness (QED) is 0.402. The highest BCUT2D eigenvalue weighted by Crippen LogP contribution is 2.49. The molecule has 0 aromatic carbocycles. The highest BCUT2D eigenvalue weighted by Gasteiger charge is 2.45. The summed E-state index contributed by atoms with van der Waals surface area (Å²) in [6, 6.07) is 0. The number of rotatable bonds is 10. The number of likely N-dealkylation sites (tertiary alicyclic amines) is 1. The third kappa shape index (κ3) is 6.21. The highest BCUT2D eigenvalue weighted by molar-refractivity contribution is 5.78. The predicted octanol–water partition coefficient (Wildman–Crippen LogP) is 5.33. The number of nitrogens with zero attached hydrogens (tertiary/aromatic N) is 1. The first-order valence-corrected chi connectivity index (χ1v) is 11.3. The molecule has 2 aliphatic rings. The molecular weight excluding hydrogens is 356 g/mol. The fourth-order valence-electron chi connectivity index (χ4n) is 4.60. The molecule has 0 saturated carbocycles. The van der Waals surface area contributed by atoms with E-state index in [1.807, 2.05) is 17.1 Å². The van der Waals surface area contributed by atoms with Crippen molar-refractivity contribution in [2.24, 2.45) is 23.0 Å². The Balaban J connectivity index is 2.42. The molecule has 0 bridgehead atoms. The Morgan fingerprint density at radius 1 is 1.34 bits per heavy atom. The van der Waals surface area contributed by atoms with E-state index in [9.17, 15) is 4.79 Å². The fraction of sp³-hybridized carbons (Fsp3) is 0.577. The Morgan fingerprint density at radius 2 is 2.17 bits per heavy atom. The molecule has 2 N–H and O–H groups in total. The van der Waals surface area contributed by atoms with Crippen molar-refractivity contribution in [3.63, 3.8) is 0 Å². The van der Waals surface area contributed by atoms with Gasteiger partial charge in [0.1, 0.15) is 0 Å². The van der Waals surface area contributed by atoms with Gasteiger partial charge in [-0.2, -0.15) is 0 Å². The smallest absolute Gasteiger partial charge is 0.223 e. The first-order valence-electron chi connectivity index (χ1n) is 11.3. The van der Waals surface area contributed by atoms with Gasteiger partial charge >= 0.3 is 0 Å². The molecule has 3 unspecified atom stereocenters. The lowest BCUT2D eigenvalue weighted by Crippen LogP contribution is -2.35. The van der Waals surface area contributed by atoms with Gasteiger partial charge in [-0.15, -0.1) is 0 Å². The number of nitrogens with two attached hydrogens (primary N) is 1. The molecule has 0 radical (unpaired) electrons. The van der Waals surface area contributed by atoms with Crippen molar-refractivity contribution in [3.8, 4) is 0 Å². The fourth-order valence-corrected chi connectivity index (χ4v) is 4.60. The average Bonchev–Trinajstić information content (AvgIpc) is 2.89. The second kappa shape index (κ2) is 11.8. The predicted molar refractivity (Wildman–Crippen MR) is 122 cm³/mol. The molecule has 1 aliphatic carbocycles. The monoisotopic (exact) mass is 394 g/mol. The molecule has 0 aromatic heterocycles. The SMILES string of the molecule is CC/C=C\C/C=C/C(C)C1(C2=C=C=CC=C2)CC(=O)N(CC)CC(CCCN)C1. The first-order chi connectivity index (χ1) is 14.1. The van der Waals surface area contributed by atoms with Gasteiger partial charge in [0.25, 0.3) is 0 Å². The summed E-state index contributed by atoms with van der Waals surface area (Å²) in [7, 11) is 0. The lowest BCUT2D eigenvalue weighted by molar-refractivity contribution is -0.132. The van der Waals surface area contributed by atoms with E-state index < -0.39 is 0 Å². The number of amides is 1. The molecule has 0 aromatic rings. The van der Waals surface area contributed by atoms with Crippen molar-refractivity contribution in [1.82, 2.24) is 4.90 Å². The minimum absolute atomic E-state index is 0.241. The van der Waals surface area contributed by atoms with Crippen LogP contribution in [0.2, 0.25) is 0 Å². The molecule has 3 heteroatoms. The maximum atomic E-state index is 13.2. The Labute approximate surface area is 177 Å². The van der Waals surface area contributed by atoms with Gasteiger partial charge in [-0.05, 0) is 69.6 Å². The minimum Gasteiger partial charge on any atom is -0.343 e. The van der Waals surface area contributed by atoms with Gasteiger partial charge in [-0.25, -0.2) is 0 Å². The Morgan fingerprint density at radius 3 is 2.83 bits per heavy atom. The first kappa shape index (κ1) is 23.2. The molecule has 0 spiro atoms. The van der Waals surface area contributed by atoms with E-state index in [2.05, 4.69) is 62.6 Å². The van der Waals surface area contributed by atoms with Crippen LogP contribution < -0.4 is 5.73 Å². The summed E-state index contributed by atoms with van der Waals surface area (Å²) < 4.78 is 0. The van der Waals surface area contributed by atoms with Gasteiger partial charge in [-0.1, -0.05) is 55.7 Å². The van der Waals surface area contributed by atoms with Crippen molar-refractivity contribution >= 4 is 5.91 Å². The Bertz CT molecular complexity index is 732. The molecule has 29 heavy (non-hydrogen) atoms. The Kier molecular flexibility index (Phi) is 9.48. The van der Waals surface area contributed by atoms with Crippen LogP contribution in [0.1, 0.15) is 59.3 Å². The summed E-state index contributed by atoms with van der Waals surface area (Å²) in [5, 5.41) is 0. The molecule has 1 fully saturated rings. The van der Waals surface area contributed by atoms with Gasteiger partial charge < -0.3 is 10.6 Å². The standard InChI is InChI=1S/C26H38N2O/c1-4-6-7-8-10-14-22(3)26(24-16-11-9-12-17-24)19-23(15-13-18-27)21-28(5-2)25(29)20-26/h6-7,9-11,14,16,22-23H,4-5,8,13,15,18-21,27H2,1-3H3/b7-6-,14-10+. The van der Waals surface area contributed by atoms with Crippen molar-refractivity contribution in [2.75, 3.05) is 19.6 Å². The maximum absolute atomic E-state index is 13.2. The van der Waals surface area contributed by atoms with Crippen molar-refractivity contribution in [1.29, 1.82) is 0 Å². The van der Waals surface area contributed by atoms with Crippen molar-refractivity contribution in [2.45, 2.75) is 59.3 Å². The van der Waals surface area contributed by atoms with E-state index >= 15 is 0 Å². The molecule has 1 aliphatic heterocycles. The summed E-state index contributed by atoms with van der Waals surface area (Å²) >= 11 is 0. The molecular formula is C26H38N2O. The van der Waals surface area contributed by atoms with Crippen LogP contribution in [0.5, 0.6) is 0 Å². The van der Waals surface area contributed by atoms with Crippen molar-refractivity contribution < 1.29 is 4.79 Å². The topological polar surface area (TPSA) is 46.3 Å². The third-order valence-electron chi connectivity index (χ3n) is 6.31. The Hall–Kier alpha value is -2.05. The maximum Gasteiger partial charge on any atom is 0.223 e. The van der Waals surface area contributed by atoms with Gasteiger partial charge in [0.2, 0.25) is 5.91 Å². The van der Waals surface area contributed by atoms with Gasteiger partial charge in [0, 0.05) is 30.5 Å². The van der Waals surface area contributed by atoms with Crippen LogP contribution in [-0.4, -0.2) is 30.4 Å². The summed E-state index contributed by atoms with van der Waals surface area (Å²) in [6.45, 7) is 8.80.